The van der Waals surface area contributed by atoms with Gasteiger partial charge in [-0.05, 0) is 12.8 Å². The number of rotatable bonds is 5. The third-order valence-corrected chi connectivity index (χ3v) is 3.67. The molecule has 0 aliphatic carbocycles. The van der Waals surface area contributed by atoms with Gasteiger partial charge in [-0.3, -0.25) is 4.79 Å². The van der Waals surface area contributed by atoms with Gasteiger partial charge in [0.15, 0.2) is 23.3 Å². The van der Waals surface area contributed by atoms with Crippen molar-refractivity contribution in [2.45, 2.75) is 26.7 Å². The number of carbonyl (C=O) groups excluding carboxylic acids is 1. The molecule has 0 atom stereocenters. The number of nitrogens with one attached hydrogen (secondary N) is 1. The number of nitrogens with two attached hydrogens (primary N) is 1. The van der Waals surface area contributed by atoms with Gasteiger partial charge in [-0.15, -0.1) is 0 Å². The topological polar surface area (TPSA) is 55.1 Å². The van der Waals surface area contributed by atoms with Crippen molar-refractivity contribution in [1.82, 2.24) is 0 Å². The second-order valence-corrected chi connectivity index (χ2v) is 4.59. The van der Waals surface area contributed by atoms with Crippen LogP contribution in [0.3, 0.4) is 0 Å². The molecule has 0 spiro atoms. The summed E-state index contributed by atoms with van der Waals surface area (Å²) in [6.07, 6.45) is 0.502. The molecule has 8 heteroatoms. The van der Waals surface area contributed by atoms with Crippen molar-refractivity contribution < 1.29 is 26.7 Å². The lowest BCUT2D eigenvalue weighted by Crippen LogP contribution is -2.42. The summed E-state index contributed by atoms with van der Waals surface area (Å²) in [5.74, 6) is -11.6. The van der Waals surface area contributed by atoms with Gasteiger partial charge in [-0.1, -0.05) is 13.8 Å². The smallest absolute Gasteiger partial charge is 0.232 e. The van der Waals surface area contributed by atoms with E-state index in [1.807, 2.05) is 0 Å². The van der Waals surface area contributed by atoms with Gasteiger partial charge in [0.25, 0.3) is 0 Å². The Morgan fingerprint density at radius 2 is 1.33 bits per heavy atom. The van der Waals surface area contributed by atoms with Crippen LogP contribution in [0.5, 0.6) is 0 Å². The third-order valence-electron chi connectivity index (χ3n) is 3.67. The van der Waals surface area contributed by atoms with Crippen molar-refractivity contribution in [2.75, 3.05) is 11.9 Å². The lowest BCUT2D eigenvalue weighted by atomic mass is 9.81. The van der Waals surface area contributed by atoms with Gasteiger partial charge < -0.3 is 11.1 Å². The maximum Gasteiger partial charge on any atom is 0.232 e. The highest BCUT2D eigenvalue weighted by Gasteiger charge is 2.36. The first kappa shape index (κ1) is 17.4. The largest absolute Gasteiger partial charge is 0.329 e. The summed E-state index contributed by atoms with van der Waals surface area (Å²) in [6, 6.07) is 0. The normalized spacial score (nSPS) is 11.6. The van der Waals surface area contributed by atoms with Crippen molar-refractivity contribution in [3.63, 3.8) is 0 Å². The molecule has 0 heterocycles. The van der Waals surface area contributed by atoms with Gasteiger partial charge in [0.1, 0.15) is 5.69 Å². The molecule has 3 N–H and O–H groups in total. The summed E-state index contributed by atoms with van der Waals surface area (Å²) in [6.45, 7) is 3.14. The predicted octanol–water partition coefficient (Wildman–Crippen LogP) is 3.09. The molecule has 3 nitrogen and oxygen atoms in total. The molecule has 0 aromatic heterocycles. The number of benzene rings is 1. The van der Waals surface area contributed by atoms with E-state index < -0.39 is 46.1 Å². The van der Waals surface area contributed by atoms with Crippen molar-refractivity contribution in [3.05, 3.63) is 29.1 Å². The first-order valence-corrected chi connectivity index (χ1v) is 6.28. The number of hydrogen-bond donors (Lipinski definition) is 2. The Labute approximate surface area is 118 Å². The fraction of sp³-hybridized carbons (Fsp3) is 0.462. The zero-order valence-electron chi connectivity index (χ0n) is 11.5. The lowest BCUT2D eigenvalue weighted by Gasteiger charge is -2.28. The van der Waals surface area contributed by atoms with E-state index in [2.05, 4.69) is 0 Å². The number of amides is 1. The third kappa shape index (κ3) is 2.85. The van der Waals surface area contributed by atoms with E-state index in [1.165, 1.54) is 0 Å². The van der Waals surface area contributed by atoms with Crippen molar-refractivity contribution in [1.29, 1.82) is 0 Å². The first-order valence-electron chi connectivity index (χ1n) is 6.28. The van der Waals surface area contributed by atoms with E-state index in [0.29, 0.717) is 0 Å². The van der Waals surface area contributed by atoms with Crippen LogP contribution >= 0.6 is 0 Å². The van der Waals surface area contributed by atoms with Crippen LogP contribution in [0.4, 0.5) is 27.6 Å². The Hall–Kier alpha value is -1.70. The summed E-state index contributed by atoms with van der Waals surface area (Å²) in [7, 11) is 0. The maximum absolute atomic E-state index is 13.5. The van der Waals surface area contributed by atoms with Gasteiger partial charge in [-0.25, -0.2) is 22.0 Å². The molecular weight excluding hydrogens is 295 g/mol. The minimum absolute atomic E-state index is 0.124. The van der Waals surface area contributed by atoms with Crippen molar-refractivity contribution in [3.8, 4) is 0 Å². The van der Waals surface area contributed by atoms with Crippen LogP contribution in [0.15, 0.2) is 0 Å². The molecule has 0 saturated heterocycles. The van der Waals surface area contributed by atoms with Crippen LogP contribution < -0.4 is 11.1 Å². The molecule has 0 bridgehead atoms. The molecule has 0 aliphatic rings. The molecule has 0 aliphatic heterocycles. The SMILES string of the molecule is CCC(CC)(CN)C(=O)Nc1c(F)c(F)c(F)c(F)c1F. The molecule has 1 aromatic carbocycles. The fourth-order valence-electron chi connectivity index (χ4n) is 1.91. The second-order valence-electron chi connectivity index (χ2n) is 4.59. The van der Waals surface area contributed by atoms with Crippen molar-refractivity contribution >= 4 is 11.6 Å². The summed E-state index contributed by atoms with van der Waals surface area (Å²) in [4.78, 5) is 12.1. The molecular formula is C13H15F5N2O. The summed E-state index contributed by atoms with van der Waals surface area (Å²) in [5, 5.41) is 1.77. The van der Waals surface area contributed by atoms with Gasteiger partial charge in [0.2, 0.25) is 11.7 Å². The highest BCUT2D eigenvalue weighted by Crippen LogP contribution is 2.31. The zero-order chi connectivity index (χ0) is 16.4. The van der Waals surface area contributed by atoms with Gasteiger partial charge in [-0.2, -0.15) is 0 Å². The van der Waals surface area contributed by atoms with Crippen molar-refractivity contribution in [2.24, 2.45) is 11.1 Å². The standard InChI is InChI=1S/C13H15F5N2O/c1-3-13(4-2,5-19)12(21)20-11-9(17)7(15)6(14)8(16)10(11)18/h3-5,19H2,1-2H3,(H,20,21). The number of anilines is 1. The Morgan fingerprint density at radius 3 is 1.67 bits per heavy atom. The van der Waals surface area contributed by atoms with Gasteiger partial charge in [0, 0.05) is 6.54 Å². The molecule has 0 fully saturated rings. The Balaban J connectivity index is 3.29. The predicted molar refractivity (Wildman–Crippen MR) is 66.9 cm³/mol. The van der Waals surface area contributed by atoms with E-state index in [1.54, 1.807) is 19.2 Å². The lowest BCUT2D eigenvalue weighted by molar-refractivity contribution is -0.125. The fourth-order valence-corrected chi connectivity index (χ4v) is 1.91. The van der Waals surface area contributed by atoms with E-state index >= 15 is 0 Å². The molecule has 0 radical (unpaired) electrons. The van der Waals surface area contributed by atoms with Crippen LogP contribution in [-0.2, 0) is 4.79 Å². The number of carbonyl (C=O) groups is 1. The monoisotopic (exact) mass is 310 g/mol. The average molecular weight is 310 g/mol. The maximum atomic E-state index is 13.5. The van der Waals surface area contributed by atoms with Crippen LogP contribution in [0.2, 0.25) is 0 Å². The van der Waals surface area contributed by atoms with Gasteiger partial charge in [0.05, 0.1) is 5.41 Å². The molecule has 0 unspecified atom stereocenters. The highest BCUT2D eigenvalue weighted by molar-refractivity contribution is 5.95. The van der Waals surface area contributed by atoms with Crippen LogP contribution in [0.25, 0.3) is 0 Å². The summed E-state index contributed by atoms with van der Waals surface area (Å²) >= 11 is 0. The molecule has 0 saturated carbocycles. The van der Waals surface area contributed by atoms with Crippen LogP contribution in [-0.4, -0.2) is 12.5 Å². The molecule has 1 rings (SSSR count). The van der Waals surface area contributed by atoms with E-state index in [4.69, 9.17) is 5.73 Å². The molecule has 1 amide bonds. The minimum Gasteiger partial charge on any atom is -0.329 e. The van der Waals surface area contributed by atoms with Gasteiger partial charge >= 0.3 is 0 Å². The summed E-state index contributed by atoms with van der Waals surface area (Å²) in [5.41, 5.74) is 2.98. The quantitative estimate of drug-likeness (QED) is 0.499. The van der Waals surface area contributed by atoms with E-state index in [-0.39, 0.29) is 19.4 Å². The average Bonchev–Trinajstić information content (AvgIpc) is 2.50. The Bertz CT molecular complexity index is 521. The van der Waals surface area contributed by atoms with Crippen LogP contribution in [0.1, 0.15) is 26.7 Å². The van der Waals surface area contributed by atoms with E-state index in [0.717, 1.165) is 0 Å². The van der Waals surface area contributed by atoms with E-state index in [9.17, 15) is 26.7 Å². The number of hydrogen-bond acceptors (Lipinski definition) is 2. The first-order chi connectivity index (χ1) is 9.75. The Morgan fingerprint density at radius 1 is 0.952 bits per heavy atom. The minimum atomic E-state index is -2.28. The second kappa shape index (κ2) is 6.38. The highest BCUT2D eigenvalue weighted by atomic mass is 19.2. The molecule has 21 heavy (non-hydrogen) atoms. The Kier molecular flexibility index (Phi) is 5.27. The molecule has 1 aromatic rings. The number of halogens is 5. The van der Waals surface area contributed by atoms with Crippen LogP contribution in [0, 0.1) is 34.5 Å². The summed E-state index contributed by atoms with van der Waals surface area (Å²) < 4.78 is 66.0. The zero-order valence-corrected chi connectivity index (χ0v) is 11.5. The molecule has 118 valence electrons.